The third kappa shape index (κ3) is 3.31. The Labute approximate surface area is 106 Å². The zero-order valence-corrected chi connectivity index (χ0v) is 10.4. The topological polar surface area (TPSA) is 49.3 Å². The molecule has 0 fully saturated rings. The number of anilines is 1. The van der Waals surface area contributed by atoms with E-state index < -0.39 is 6.10 Å². The van der Waals surface area contributed by atoms with E-state index in [0.717, 1.165) is 16.5 Å². The second-order valence-electron chi connectivity index (χ2n) is 4.50. The summed E-state index contributed by atoms with van der Waals surface area (Å²) in [7, 11) is 0. The van der Waals surface area contributed by atoms with Crippen molar-refractivity contribution in [2.75, 3.05) is 5.32 Å². The number of fused-ring (bicyclic) bond motifs is 1. The summed E-state index contributed by atoms with van der Waals surface area (Å²) in [6, 6.07) is 13.8. The van der Waals surface area contributed by atoms with E-state index in [1.807, 2.05) is 42.5 Å². The fourth-order valence-electron chi connectivity index (χ4n) is 1.83. The Bertz CT molecular complexity index is 549. The van der Waals surface area contributed by atoms with Gasteiger partial charge in [0.05, 0.1) is 6.10 Å². The molecular weight excluding hydrogens is 226 g/mol. The summed E-state index contributed by atoms with van der Waals surface area (Å²) < 4.78 is 0. The third-order valence-corrected chi connectivity index (χ3v) is 2.82. The second-order valence-corrected chi connectivity index (χ2v) is 4.50. The lowest BCUT2D eigenvalue weighted by Gasteiger charge is -2.07. The summed E-state index contributed by atoms with van der Waals surface area (Å²) in [4.78, 5) is 11.6. The first-order chi connectivity index (χ1) is 8.65. The summed E-state index contributed by atoms with van der Waals surface area (Å²) in [5.74, 6) is -0.0637. The van der Waals surface area contributed by atoms with Crippen molar-refractivity contribution >= 4 is 22.4 Å². The minimum atomic E-state index is -0.438. The van der Waals surface area contributed by atoms with Gasteiger partial charge in [0.25, 0.3) is 0 Å². The lowest BCUT2D eigenvalue weighted by atomic mass is 10.1. The molecule has 0 aliphatic heterocycles. The zero-order valence-electron chi connectivity index (χ0n) is 10.4. The molecule has 0 saturated carbocycles. The molecule has 1 unspecified atom stereocenters. The SMILES string of the molecule is CC(O)CCC(=O)Nc1ccc2ccccc2c1. The average molecular weight is 243 g/mol. The molecular formula is C15H17NO2. The molecule has 0 aliphatic carbocycles. The van der Waals surface area contributed by atoms with Gasteiger partial charge < -0.3 is 10.4 Å². The highest BCUT2D eigenvalue weighted by Gasteiger charge is 2.05. The van der Waals surface area contributed by atoms with E-state index in [0.29, 0.717) is 12.8 Å². The van der Waals surface area contributed by atoms with Crippen LogP contribution in [0.4, 0.5) is 5.69 Å². The maximum absolute atomic E-state index is 11.6. The van der Waals surface area contributed by atoms with Crippen molar-refractivity contribution < 1.29 is 9.90 Å². The molecule has 0 heterocycles. The largest absolute Gasteiger partial charge is 0.393 e. The Morgan fingerprint density at radius 3 is 2.67 bits per heavy atom. The van der Waals surface area contributed by atoms with Gasteiger partial charge in [-0.1, -0.05) is 30.3 Å². The molecule has 0 radical (unpaired) electrons. The van der Waals surface area contributed by atoms with Crippen LogP contribution in [-0.2, 0) is 4.79 Å². The molecule has 0 aromatic heterocycles. The number of carbonyl (C=O) groups is 1. The van der Waals surface area contributed by atoms with Gasteiger partial charge in [0.2, 0.25) is 5.91 Å². The fraction of sp³-hybridized carbons (Fsp3) is 0.267. The minimum absolute atomic E-state index is 0.0637. The molecule has 0 aliphatic rings. The van der Waals surface area contributed by atoms with Crippen LogP contribution < -0.4 is 5.32 Å². The van der Waals surface area contributed by atoms with E-state index in [9.17, 15) is 4.79 Å². The zero-order chi connectivity index (χ0) is 13.0. The fourth-order valence-corrected chi connectivity index (χ4v) is 1.83. The van der Waals surface area contributed by atoms with E-state index in [4.69, 9.17) is 5.11 Å². The Balaban J connectivity index is 2.05. The number of hydrogen-bond acceptors (Lipinski definition) is 2. The Morgan fingerprint density at radius 2 is 1.94 bits per heavy atom. The molecule has 3 heteroatoms. The number of rotatable bonds is 4. The van der Waals surface area contributed by atoms with Crippen molar-refractivity contribution in [2.45, 2.75) is 25.9 Å². The standard InChI is InChI=1S/C15H17NO2/c1-11(17)6-9-15(18)16-14-8-7-12-4-2-3-5-13(12)10-14/h2-5,7-8,10-11,17H,6,9H2,1H3,(H,16,18). The van der Waals surface area contributed by atoms with Crippen molar-refractivity contribution in [2.24, 2.45) is 0 Å². The smallest absolute Gasteiger partial charge is 0.224 e. The first kappa shape index (κ1) is 12.6. The number of carbonyl (C=O) groups excluding carboxylic acids is 1. The van der Waals surface area contributed by atoms with Gasteiger partial charge in [-0.15, -0.1) is 0 Å². The van der Waals surface area contributed by atoms with Gasteiger partial charge in [-0.3, -0.25) is 4.79 Å². The Hall–Kier alpha value is -1.87. The highest BCUT2D eigenvalue weighted by Crippen LogP contribution is 2.19. The molecule has 2 N–H and O–H groups in total. The van der Waals surface area contributed by atoms with Crippen molar-refractivity contribution in [3.05, 3.63) is 42.5 Å². The summed E-state index contributed by atoms with van der Waals surface area (Å²) >= 11 is 0. The van der Waals surface area contributed by atoms with Crippen molar-refractivity contribution in [1.29, 1.82) is 0 Å². The number of aliphatic hydroxyl groups excluding tert-OH is 1. The van der Waals surface area contributed by atoms with Crippen LogP contribution >= 0.6 is 0 Å². The third-order valence-electron chi connectivity index (χ3n) is 2.82. The molecule has 1 atom stereocenters. The van der Waals surface area contributed by atoms with Crippen molar-refractivity contribution in [3.8, 4) is 0 Å². The maximum Gasteiger partial charge on any atom is 0.224 e. The molecule has 18 heavy (non-hydrogen) atoms. The van der Waals surface area contributed by atoms with E-state index in [2.05, 4.69) is 5.32 Å². The van der Waals surface area contributed by atoms with Crippen LogP contribution in [0.1, 0.15) is 19.8 Å². The van der Waals surface area contributed by atoms with Gasteiger partial charge in [-0.25, -0.2) is 0 Å². The predicted molar refractivity (Wildman–Crippen MR) is 73.5 cm³/mol. The molecule has 2 aromatic rings. The first-order valence-corrected chi connectivity index (χ1v) is 6.12. The highest BCUT2D eigenvalue weighted by molar-refractivity contribution is 5.94. The number of benzene rings is 2. The van der Waals surface area contributed by atoms with Crippen LogP contribution in [-0.4, -0.2) is 17.1 Å². The quantitative estimate of drug-likeness (QED) is 0.867. The Kier molecular flexibility index (Phi) is 3.95. The monoisotopic (exact) mass is 243 g/mol. The summed E-state index contributed by atoms with van der Waals surface area (Å²) in [6.07, 6.45) is 0.386. The molecule has 0 spiro atoms. The van der Waals surface area contributed by atoms with Crippen molar-refractivity contribution in [3.63, 3.8) is 0 Å². The van der Waals surface area contributed by atoms with Crippen LogP contribution in [0.3, 0.4) is 0 Å². The van der Waals surface area contributed by atoms with E-state index in [1.54, 1.807) is 6.92 Å². The first-order valence-electron chi connectivity index (χ1n) is 6.12. The second kappa shape index (κ2) is 5.65. The Morgan fingerprint density at radius 1 is 1.22 bits per heavy atom. The van der Waals surface area contributed by atoms with E-state index in [-0.39, 0.29) is 5.91 Å². The molecule has 0 bridgehead atoms. The van der Waals surface area contributed by atoms with Gasteiger partial charge in [0.1, 0.15) is 0 Å². The number of amides is 1. The molecule has 3 nitrogen and oxygen atoms in total. The van der Waals surface area contributed by atoms with Gasteiger partial charge in [-0.05, 0) is 36.2 Å². The normalized spacial score (nSPS) is 12.3. The maximum atomic E-state index is 11.6. The molecule has 94 valence electrons. The lowest BCUT2D eigenvalue weighted by molar-refractivity contribution is -0.116. The van der Waals surface area contributed by atoms with Crippen molar-refractivity contribution in [1.82, 2.24) is 0 Å². The minimum Gasteiger partial charge on any atom is -0.393 e. The number of hydrogen-bond donors (Lipinski definition) is 2. The summed E-state index contributed by atoms with van der Waals surface area (Å²) in [5.41, 5.74) is 0.796. The van der Waals surface area contributed by atoms with Crippen LogP contribution in [0.5, 0.6) is 0 Å². The number of nitrogens with one attached hydrogen (secondary N) is 1. The predicted octanol–water partition coefficient (Wildman–Crippen LogP) is 2.94. The summed E-state index contributed by atoms with van der Waals surface area (Å²) in [5, 5.41) is 14.2. The lowest BCUT2D eigenvalue weighted by Crippen LogP contribution is -2.13. The van der Waals surface area contributed by atoms with E-state index >= 15 is 0 Å². The van der Waals surface area contributed by atoms with Crippen LogP contribution in [0.25, 0.3) is 10.8 Å². The molecule has 2 aromatic carbocycles. The van der Waals surface area contributed by atoms with Gasteiger partial charge in [0, 0.05) is 12.1 Å². The van der Waals surface area contributed by atoms with E-state index in [1.165, 1.54) is 0 Å². The van der Waals surface area contributed by atoms with Gasteiger partial charge in [-0.2, -0.15) is 0 Å². The van der Waals surface area contributed by atoms with Crippen LogP contribution in [0.2, 0.25) is 0 Å². The number of aliphatic hydroxyl groups is 1. The molecule has 2 rings (SSSR count). The van der Waals surface area contributed by atoms with Crippen LogP contribution in [0, 0.1) is 0 Å². The highest BCUT2D eigenvalue weighted by atomic mass is 16.3. The average Bonchev–Trinajstić information content (AvgIpc) is 2.36. The molecule has 1 amide bonds. The van der Waals surface area contributed by atoms with Crippen LogP contribution in [0.15, 0.2) is 42.5 Å². The summed E-state index contributed by atoms with van der Waals surface area (Å²) in [6.45, 7) is 1.68. The van der Waals surface area contributed by atoms with Gasteiger partial charge in [0.15, 0.2) is 0 Å². The molecule has 0 saturated heterocycles. The van der Waals surface area contributed by atoms with Gasteiger partial charge >= 0.3 is 0 Å².